The van der Waals surface area contributed by atoms with Crippen molar-refractivity contribution in [2.24, 2.45) is 0 Å². The Morgan fingerprint density at radius 1 is 0.941 bits per heavy atom. The molecule has 1 unspecified atom stereocenters. The molecule has 0 saturated heterocycles. The second-order valence-electron chi connectivity index (χ2n) is 2.74. The maximum atomic E-state index is 12.9. The van der Waals surface area contributed by atoms with Gasteiger partial charge in [-0.1, -0.05) is 17.9 Å². The third-order valence-corrected chi connectivity index (χ3v) is 1.56. The van der Waals surface area contributed by atoms with Gasteiger partial charge in [-0.15, -0.1) is 0 Å². The number of nitrogens with zero attached hydrogens (tertiary/aromatic N) is 3. The first-order valence-electron chi connectivity index (χ1n) is 3.71. The fourth-order valence-corrected chi connectivity index (χ4v) is 0.665. The van der Waals surface area contributed by atoms with Gasteiger partial charge in [-0.3, -0.25) is 0 Å². The van der Waals surface area contributed by atoms with Gasteiger partial charge in [-0.25, -0.2) is 24.6 Å². The highest BCUT2D eigenvalue weighted by Gasteiger charge is 2.64. The number of rotatable bonds is 3. The summed E-state index contributed by atoms with van der Waals surface area (Å²) in [6.45, 7) is 0. The average molecular weight is 256 g/mol. The molecule has 0 bridgehead atoms. The summed E-state index contributed by atoms with van der Waals surface area (Å²) in [5.74, 6) is -3.62. The summed E-state index contributed by atoms with van der Waals surface area (Å²) < 4.78 is 76.0. The molecule has 0 aliphatic rings. The van der Waals surface area contributed by atoms with Crippen molar-refractivity contribution in [2.75, 3.05) is 0 Å². The summed E-state index contributed by atoms with van der Waals surface area (Å²) in [4.78, 5) is 0. The van der Waals surface area contributed by atoms with Gasteiger partial charge in [-0.2, -0.15) is 17.6 Å². The average Bonchev–Trinajstić information content (AvgIpc) is 2.24. The minimum absolute atomic E-state index is 0.642. The number of alkyl halides is 6. The van der Waals surface area contributed by atoms with Crippen LogP contribution in [0.15, 0.2) is 0 Å². The van der Waals surface area contributed by atoms with Crippen LogP contribution < -0.4 is 0 Å². The summed E-state index contributed by atoms with van der Waals surface area (Å²) in [5, 5.41) is 24.6. The lowest BCUT2D eigenvalue weighted by atomic mass is 9.44. The van der Waals surface area contributed by atoms with Crippen LogP contribution in [-0.2, 0) is 4.65 Å². The SMILES string of the molecule is N#C[B-](C#N)(C#N)OC(F)(C(F)F)C(F)(F)F. The molecule has 0 aromatic rings. The smallest absolute Gasteiger partial charge is 0.450 e. The summed E-state index contributed by atoms with van der Waals surface area (Å²) in [6, 6.07) is 0. The van der Waals surface area contributed by atoms with Crippen molar-refractivity contribution in [3.63, 3.8) is 0 Å². The number of nitriles is 3. The molecule has 0 amide bonds. The molecular weight excluding hydrogens is 255 g/mol. The molecule has 4 nitrogen and oxygen atoms in total. The van der Waals surface area contributed by atoms with E-state index in [9.17, 15) is 26.3 Å². The van der Waals surface area contributed by atoms with Gasteiger partial charge in [0.15, 0.2) is 0 Å². The van der Waals surface area contributed by atoms with Crippen LogP contribution in [0.4, 0.5) is 26.3 Å². The van der Waals surface area contributed by atoms with E-state index >= 15 is 0 Å². The van der Waals surface area contributed by atoms with Gasteiger partial charge in [0, 0.05) is 0 Å². The van der Waals surface area contributed by atoms with E-state index in [-0.39, 0.29) is 0 Å². The molecule has 0 saturated carbocycles. The molecule has 17 heavy (non-hydrogen) atoms. The fourth-order valence-electron chi connectivity index (χ4n) is 0.665. The molecule has 0 spiro atoms. The molecule has 0 radical (unpaired) electrons. The molecule has 0 aromatic carbocycles. The van der Waals surface area contributed by atoms with E-state index in [4.69, 9.17) is 15.8 Å². The van der Waals surface area contributed by atoms with Crippen LogP contribution in [0, 0.1) is 33.7 Å². The highest BCUT2D eigenvalue weighted by molar-refractivity contribution is 6.94. The largest absolute Gasteiger partial charge is 0.516 e. The Labute approximate surface area is 90.5 Å². The number of hydrogen-bond donors (Lipinski definition) is 0. The molecule has 0 aromatic heterocycles. The van der Waals surface area contributed by atoms with E-state index in [0.717, 1.165) is 0 Å². The Morgan fingerprint density at radius 3 is 1.47 bits per heavy atom. The maximum absolute atomic E-state index is 12.9. The van der Waals surface area contributed by atoms with Crippen molar-refractivity contribution in [2.45, 2.75) is 18.5 Å². The molecule has 0 aliphatic heterocycles. The van der Waals surface area contributed by atoms with Crippen molar-refractivity contribution < 1.29 is 31.0 Å². The third kappa shape index (κ3) is 2.60. The van der Waals surface area contributed by atoms with E-state index < -0.39 is 24.8 Å². The minimum Gasteiger partial charge on any atom is -0.516 e. The number of hydrogen-bond acceptors (Lipinski definition) is 4. The van der Waals surface area contributed by atoms with Gasteiger partial charge in [0.05, 0.1) is 0 Å². The lowest BCUT2D eigenvalue weighted by Gasteiger charge is -2.35. The zero-order chi connectivity index (χ0) is 13.9. The highest BCUT2D eigenvalue weighted by Crippen LogP contribution is 2.41. The molecule has 11 heteroatoms. The first-order chi connectivity index (χ1) is 7.58. The molecule has 0 aliphatic carbocycles. The highest BCUT2D eigenvalue weighted by atomic mass is 19.4. The fraction of sp³-hybridized carbons (Fsp3) is 0.500. The van der Waals surface area contributed by atoms with Crippen LogP contribution in [0.1, 0.15) is 0 Å². The summed E-state index contributed by atoms with van der Waals surface area (Å²) in [6.07, 6.45) is -15.2. The maximum Gasteiger partial charge on any atom is 0.450 e. The van der Waals surface area contributed by atoms with Gasteiger partial charge >= 0.3 is 24.8 Å². The van der Waals surface area contributed by atoms with Crippen LogP contribution in [0.25, 0.3) is 0 Å². The molecule has 0 heterocycles. The first kappa shape index (κ1) is 15.1. The van der Waals surface area contributed by atoms with Crippen molar-refractivity contribution in [3.05, 3.63) is 0 Å². The third-order valence-electron chi connectivity index (χ3n) is 1.56. The predicted molar refractivity (Wildman–Crippen MR) is 39.6 cm³/mol. The van der Waals surface area contributed by atoms with Gasteiger partial charge in [0.1, 0.15) is 0 Å². The predicted octanol–water partition coefficient (Wildman–Crippen LogP) is 1.63. The summed E-state index contributed by atoms with van der Waals surface area (Å²) in [7, 11) is 0. The monoisotopic (exact) mass is 256 g/mol. The summed E-state index contributed by atoms with van der Waals surface area (Å²) in [5.41, 5.74) is 0. The van der Waals surface area contributed by atoms with Crippen LogP contribution in [-0.4, -0.2) is 24.8 Å². The van der Waals surface area contributed by atoms with Gasteiger partial charge in [0.2, 0.25) is 0 Å². The lowest BCUT2D eigenvalue weighted by molar-refractivity contribution is -0.342. The molecule has 0 rings (SSSR count). The number of halogens is 6. The topological polar surface area (TPSA) is 80.6 Å². The Morgan fingerprint density at radius 2 is 1.29 bits per heavy atom. The normalized spacial score (nSPS) is 15.5. The van der Waals surface area contributed by atoms with Gasteiger partial charge in [-0.05, 0) is 0 Å². The Kier molecular flexibility index (Phi) is 4.01. The molecule has 0 N–H and O–H groups in total. The van der Waals surface area contributed by atoms with E-state index in [0.29, 0.717) is 17.9 Å². The van der Waals surface area contributed by atoms with Crippen molar-refractivity contribution in [1.82, 2.24) is 0 Å². The van der Waals surface area contributed by atoms with Crippen molar-refractivity contribution in [3.8, 4) is 17.9 Å². The molecule has 0 fully saturated rings. The minimum atomic E-state index is -6.20. The van der Waals surface area contributed by atoms with E-state index in [1.807, 2.05) is 0 Å². The summed E-state index contributed by atoms with van der Waals surface area (Å²) >= 11 is 0. The Hall–Kier alpha value is -1.93. The van der Waals surface area contributed by atoms with Gasteiger partial charge in [0.25, 0.3) is 0 Å². The van der Waals surface area contributed by atoms with Gasteiger partial charge < -0.3 is 4.65 Å². The zero-order valence-electron chi connectivity index (χ0n) is 7.67. The second-order valence-corrected chi connectivity index (χ2v) is 2.74. The second kappa shape index (κ2) is 4.52. The standard InChI is InChI=1S/C6HBF6N3O/c8-4(9)5(10,6(11,12)13)17-7(1-14,2-15)3-16/h4H/q-1. The van der Waals surface area contributed by atoms with E-state index in [1.54, 1.807) is 0 Å². The molecule has 1 atom stereocenters. The van der Waals surface area contributed by atoms with Crippen LogP contribution in [0.5, 0.6) is 0 Å². The van der Waals surface area contributed by atoms with Crippen LogP contribution in [0.3, 0.4) is 0 Å². The van der Waals surface area contributed by atoms with Crippen molar-refractivity contribution >= 4 is 6.35 Å². The van der Waals surface area contributed by atoms with Crippen LogP contribution >= 0.6 is 0 Å². The first-order valence-corrected chi connectivity index (χ1v) is 3.71. The molecule has 92 valence electrons. The zero-order valence-corrected chi connectivity index (χ0v) is 7.67. The van der Waals surface area contributed by atoms with Crippen molar-refractivity contribution in [1.29, 1.82) is 15.8 Å². The van der Waals surface area contributed by atoms with E-state index in [2.05, 4.69) is 4.65 Å². The van der Waals surface area contributed by atoms with Crippen LogP contribution in [0.2, 0.25) is 0 Å². The lowest BCUT2D eigenvalue weighted by Crippen LogP contribution is -2.56. The van der Waals surface area contributed by atoms with E-state index in [1.165, 1.54) is 0 Å². The Bertz CT molecular complexity index is 381. The Balaban J connectivity index is 5.56. The molecular formula is C6HBF6N3O-. The quantitative estimate of drug-likeness (QED) is 0.567.